The number of rotatable bonds is 3. The van der Waals surface area contributed by atoms with Crippen LogP contribution in [0.3, 0.4) is 0 Å². The molecule has 6 nitrogen and oxygen atoms in total. The van der Waals surface area contributed by atoms with E-state index in [2.05, 4.69) is 0 Å². The van der Waals surface area contributed by atoms with Crippen molar-refractivity contribution in [1.82, 2.24) is 9.80 Å². The van der Waals surface area contributed by atoms with E-state index >= 15 is 0 Å². The van der Waals surface area contributed by atoms with Gasteiger partial charge in [-0.2, -0.15) is 0 Å². The van der Waals surface area contributed by atoms with E-state index in [1.165, 1.54) is 4.90 Å². The van der Waals surface area contributed by atoms with Crippen LogP contribution in [0.25, 0.3) is 11.0 Å². The molecule has 0 saturated carbocycles. The summed E-state index contributed by atoms with van der Waals surface area (Å²) >= 11 is 0. The molecule has 1 aromatic carbocycles. The molecule has 2 aromatic rings. The molecule has 1 aliphatic rings. The number of benzene rings is 1. The van der Waals surface area contributed by atoms with Gasteiger partial charge in [0.1, 0.15) is 17.4 Å². The second-order valence-corrected chi connectivity index (χ2v) is 6.34. The van der Waals surface area contributed by atoms with E-state index in [0.29, 0.717) is 25.9 Å². The molecular formula is C18H22N2O4. The van der Waals surface area contributed by atoms with Gasteiger partial charge in [0.15, 0.2) is 0 Å². The molecule has 0 N–H and O–H groups in total. The minimum absolute atomic E-state index is 0.0352. The van der Waals surface area contributed by atoms with Gasteiger partial charge in [-0.25, -0.2) is 4.79 Å². The quantitative estimate of drug-likeness (QED) is 0.868. The third-order valence-corrected chi connectivity index (χ3v) is 4.36. The first kappa shape index (κ1) is 16.4. The van der Waals surface area contributed by atoms with E-state index < -0.39 is 0 Å². The van der Waals surface area contributed by atoms with Crippen molar-refractivity contribution in [3.8, 4) is 0 Å². The summed E-state index contributed by atoms with van der Waals surface area (Å²) in [4.78, 5) is 27.4. The van der Waals surface area contributed by atoms with Crippen molar-refractivity contribution in [3.63, 3.8) is 0 Å². The van der Waals surface area contributed by atoms with Gasteiger partial charge in [0.2, 0.25) is 5.91 Å². The topological polar surface area (TPSA) is 63.0 Å². The highest BCUT2D eigenvalue weighted by atomic mass is 16.6. The van der Waals surface area contributed by atoms with Crippen molar-refractivity contribution in [1.29, 1.82) is 0 Å². The summed E-state index contributed by atoms with van der Waals surface area (Å²) in [6, 6.07) is 7.74. The number of hydrogen-bond donors (Lipinski definition) is 0. The molecule has 1 aromatic heterocycles. The lowest BCUT2D eigenvalue weighted by Gasteiger charge is -2.18. The first-order valence-corrected chi connectivity index (χ1v) is 8.08. The summed E-state index contributed by atoms with van der Waals surface area (Å²) in [5.41, 5.74) is 1.74. The Balaban J connectivity index is 1.65. The second-order valence-electron chi connectivity index (χ2n) is 6.34. The number of carbonyl (C=O) groups is 2. The zero-order chi connectivity index (χ0) is 17.3. The number of amides is 2. The van der Waals surface area contributed by atoms with Crippen molar-refractivity contribution < 1.29 is 18.7 Å². The lowest BCUT2D eigenvalue weighted by molar-refractivity contribution is -0.129. The van der Waals surface area contributed by atoms with E-state index in [0.717, 1.165) is 22.3 Å². The van der Waals surface area contributed by atoms with Gasteiger partial charge in [0.05, 0.1) is 13.0 Å². The summed E-state index contributed by atoms with van der Waals surface area (Å²) in [6.07, 6.45) is 0.380. The number of furan rings is 1. The predicted molar refractivity (Wildman–Crippen MR) is 89.8 cm³/mol. The SMILES string of the molecule is Cc1oc2ccccc2c1CC(=O)N1CCC(OC(=O)N(C)C)C1. The van der Waals surface area contributed by atoms with Crippen LogP contribution in [0, 0.1) is 6.92 Å². The smallest absolute Gasteiger partial charge is 0.409 e. The summed E-state index contributed by atoms with van der Waals surface area (Å²) in [6.45, 7) is 2.94. The number of hydrogen-bond acceptors (Lipinski definition) is 4. The molecule has 0 bridgehead atoms. The first-order chi connectivity index (χ1) is 11.5. The third-order valence-electron chi connectivity index (χ3n) is 4.36. The fourth-order valence-electron chi connectivity index (χ4n) is 3.00. The lowest BCUT2D eigenvalue weighted by Crippen LogP contribution is -2.33. The molecule has 1 atom stereocenters. The van der Waals surface area contributed by atoms with Gasteiger partial charge < -0.3 is 19.0 Å². The maximum absolute atomic E-state index is 12.6. The summed E-state index contributed by atoms with van der Waals surface area (Å²) in [5.74, 6) is 0.812. The highest BCUT2D eigenvalue weighted by molar-refractivity contribution is 5.88. The van der Waals surface area contributed by atoms with Crippen LogP contribution in [-0.2, 0) is 16.0 Å². The van der Waals surface area contributed by atoms with Crippen LogP contribution in [0.2, 0.25) is 0 Å². The zero-order valence-corrected chi connectivity index (χ0v) is 14.2. The maximum atomic E-state index is 12.6. The molecule has 1 saturated heterocycles. The Bertz CT molecular complexity index is 765. The van der Waals surface area contributed by atoms with E-state index in [1.54, 1.807) is 19.0 Å². The van der Waals surface area contributed by atoms with Crippen molar-refractivity contribution in [2.45, 2.75) is 25.9 Å². The molecule has 0 aliphatic carbocycles. The number of carbonyl (C=O) groups excluding carboxylic acids is 2. The maximum Gasteiger partial charge on any atom is 0.409 e. The summed E-state index contributed by atoms with van der Waals surface area (Å²) in [5, 5.41) is 0.984. The van der Waals surface area contributed by atoms with Gasteiger partial charge in [-0.1, -0.05) is 18.2 Å². The van der Waals surface area contributed by atoms with Crippen molar-refractivity contribution in [2.24, 2.45) is 0 Å². The molecule has 128 valence electrons. The molecule has 1 aliphatic heterocycles. The number of fused-ring (bicyclic) bond motifs is 1. The largest absolute Gasteiger partial charge is 0.461 e. The lowest BCUT2D eigenvalue weighted by atomic mass is 10.1. The molecular weight excluding hydrogens is 308 g/mol. The van der Waals surface area contributed by atoms with Gasteiger partial charge in [0.25, 0.3) is 0 Å². The van der Waals surface area contributed by atoms with Crippen LogP contribution in [0.4, 0.5) is 4.79 Å². The second kappa shape index (κ2) is 6.55. The molecule has 1 unspecified atom stereocenters. The van der Waals surface area contributed by atoms with Gasteiger partial charge in [-0.15, -0.1) is 0 Å². The first-order valence-electron chi connectivity index (χ1n) is 8.08. The molecule has 0 radical (unpaired) electrons. The van der Waals surface area contributed by atoms with Crippen LogP contribution in [0.1, 0.15) is 17.7 Å². The Labute approximate surface area is 141 Å². The van der Waals surface area contributed by atoms with Crippen molar-refractivity contribution >= 4 is 23.0 Å². The van der Waals surface area contributed by atoms with E-state index in [1.807, 2.05) is 31.2 Å². The summed E-state index contributed by atoms with van der Waals surface area (Å²) in [7, 11) is 3.29. The van der Waals surface area contributed by atoms with Gasteiger partial charge in [0, 0.05) is 38.0 Å². The number of aryl methyl sites for hydroxylation is 1. The predicted octanol–water partition coefficient (Wildman–Crippen LogP) is 2.58. The molecule has 24 heavy (non-hydrogen) atoms. The van der Waals surface area contributed by atoms with Gasteiger partial charge >= 0.3 is 6.09 Å². The monoisotopic (exact) mass is 330 g/mol. The average molecular weight is 330 g/mol. The Morgan fingerprint density at radius 3 is 2.83 bits per heavy atom. The van der Waals surface area contributed by atoms with E-state index in [9.17, 15) is 9.59 Å². The third kappa shape index (κ3) is 3.22. The van der Waals surface area contributed by atoms with Crippen molar-refractivity contribution in [2.75, 3.05) is 27.2 Å². The van der Waals surface area contributed by atoms with Gasteiger partial charge in [-0.05, 0) is 13.0 Å². The highest BCUT2D eigenvalue weighted by Crippen LogP contribution is 2.26. The Morgan fingerprint density at radius 1 is 1.33 bits per heavy atom. The van der Waals surface area contributed by atoms with Crippen LogP contribution in [0.5, 0.6) is 0 Å². The standard InChI is InChI=1S/C18H22N2O4/c1-12-15(14-6-4-5-7-16(14)23-12)10-17(21)20-9-8-13(11-20)24-18(22)19(2)3/h4-7,13H,8-11H2,1-3H3. The van der Waals surface area contributed by atoms with Crippen LogP contribution in [-0.4, -0.2) is 55.1 Å². The van der Waals surface area contributed by atoms with Gasteiger partial charge in [-0.3, -0.25) is 4.79 Å². The zero-order valence-electron chi connectivity index (χ0n) is 14.2. The molecule has 1 fully saturated rings. The minimum atomic E-state index is -0.369. The van der Waals surface area contributed by atoms with Crippen LogP contribution < -0.4 is 0 Å². The Morgan fingerprint density at radius 2 is 2.08 bits per heavy atom. The average Bonchev–Trinajstić information content (AvgIpc) is 3.12. The number of likely N-dealkylation sites (tertiary alicyclic amines) is 1. The number of para-hydroxylation sites is 1. The normalized spacial score (nSPS) is 17.3. The van der Waals surface area contributed by atoms with Crippen molar-refractivity contribution in [3.05, 3.63) is 35.6 Å². The Kier molecular flexibility index (Phi) is 4.46. The molecule has 6 heteroatoms. The minimum Gasteiger partial charge on any atom is -0.461 e. The Hall–Kier alpha value is -2.50. The molecule has 3 rings (SSSR count). The molecule has 2 heterocycles. The number of nitrogens with zero attached hydrogens (tertiary/aromatic N) is 2. The van der Waals surface area contributed by atoms with E-state index in [4.69, 9.17) is 9.15 Å². The van der Waals surface area contributed by atoms with Crippen LogP contribution in [0.15, 0.2) is 28.7 Å². The summed E-state index contributed by atoms with van der Waals surface area (Å²) < 4.78 is 11.1. The fourth-order valence-corrected chi connectivity index (χ4v) is 3.00. The fraction of sp³-hybridized carbons (Fsp3) is 0.444. The molecule has 2 amide bonds. The molecule has 0 spiro atoms. The van der Waals surface area contributed by atoms with Crippen LogP contribution >= 0.6 is 0 Å². The van der Waals surface area contributed by atoms with E-state index in [-0.39, 0.29) is 18.1 Å². The highest BCUT2D eigenvalue weighted by Gasteiger charge is 2.30. The number of ether oxygens (including phenoxy) is 1.